The van der Waals surface area contributed by atoms with E-state index in [1.165, 1.54) is 4.80 Å². The molecule has 5 rings (SSSR count). The van der Waals surface area contributed by atoms with Gasteiger partial charge in [-0.25, -0.2) is 8.78 Å². The van der Waals surface area contributed by atoms with Crippen molar-refractivity contribution in [2.24, 2.45) is 5.41 Å². The number of nitrogens with zero attached hydrogens (tertiary/aromatic N) is 5. The van der Waals surface area contributed by atoms with Crippen LogP contribution in [0.1, 0.15) is 82.0 Å². The Morgan fingerprint density at radius 2 is 1.81 bits per heavy atom. The summed E-state index contributed by atoms with van der Waals surface area (Å²) in [5, 5.41) is 26.8. The highest BCUT2D eigenvalue weighted by Gasteiger charge is 2.48. The van der Waals surface area contributed by atoms with E-state index in [4.69, 9.17) is 0 Å². The maximum absolute atomic E-state index is 13.4. The maximum Gasteiger partial charge on any atom is 0.248 e. The van der Waals surface area contributed by atoms with Gasteiger partial charge in [-0.1, -0.05) is 6.42 Å². The van der Waals surface area contributed by atoms with Gasteiger partial charge in [-0.05, 0) is 50.2 Å². The first-order chi connectivity index (χ1) is 14.9. The largest absolute Gasteiger partial charge is 0.392 e. The van der Waals surface area contributed by atoms with Gasteiger partial charge in [0.1, 0.15) is 0 Å². The van der Waals surface area contributed by atoms with E-state index in [9.17, 15) is 18.7 Å². The summed E-state index contributed by atoms with van der Waals surface area (Å²) in [6.07, 6.45) is 5.38. The Bertz CT molecular complexity index is 796. The van der Waals surface area contributed by atoms with Crippen LogP contribution in [0.5, 0.6) is 0 Å². The molecule has 1 amide bonds. The van der Waals surface area contributed by atoms with Gasteiger partial charge in [-0.15, -0.1) is 10.2 Å². The smallest absolute Gasteiger partial charge is 0.248 e. The highest BCUT2D eigenvalue weighted by Crippen LogP contribution is 2.46. The van der Waals surface area contributed by atoms with Crippen LogP contribution in [0.4, 0.5) is 8.78 Å². The predicted octanol–water partition coefficient (Wildman–Crippen LogP) is 2.02. The molecule has 1 aromatic heterocycles. The molecule has 0 aromatic carbocycles. The minimum Gasteiger partial charge on any atom is -0.392 e. The minimum atomic E-state index is -2.57. The lowest BCUT2D eigenvalue weighted by Gasteiger charge is -2.50. The molecule has 3 heterocycles. The summed E-state index contributed by atoms with van der Waals surface area (Å²) in [6.45, 7) is 1.99. The monoisotopic (exact) mass is 438 g/mol. The zero-order chi connectivity index (χ0) is 21.6. The van der Waals surface area contributed by atoms with Gasteiger partial charge in [-0.2, -0.15) is 4.80 Å². The van der Waals surface area contributed by atoms with Crippen molar-refractivity contribution in [2.45, 2.75) is 94.2 Å². The Morgan fingerprint density at radius 1 is 1.10 bits per heavy atom. The SMILES string of the molecule is O=C([C@@H]1C[C@@H](O)C2(CCC2)CN1)N1CCC(c2nnn(C3CCC(F)(F)CC3)n2)CC1. The van der Waals surface area contributed by atoms with Crippen molar-refractivity contribution in [2.75, 3.05) is 19.6 Å². The number of alkyl halides is 2. The third-order valence-electron chi connectivity index (χ3n) is 8.14. The average molecular weight is 439 g/mol. The second kappa shape index (κ2) is 8.03. The van der Waals surface area contributed by atoms with Crippen LogP contribution in [0.15, 0.2) is 0 Å². The standard InChI is InChI=1S/C21H32F2N6O2/c22-21(23)8-2-15(3-9-21)29-26-18(25-27-29)14-4-10-28(11-5-14)19(31)16-12-17(30)20(13-24-16)6-1-7-20/h14-17,24,30H,1-13H2/t16-,17+/m0/s1. The summed E-state index contributed by atoms with van der Waals surface area (Å²) < 4.78 is 26.8. The highest BCUT2D eigenvalue weighted by atomic mass is 19.3. The first-order valence-electron chi connectivity index (χ1n) is 11.7. The summed E-state index contributed by atoms with van der Waals surface area (Å²) in [6, 6.07) is -0.411. The number of aromatic nitrogens is 4. The molecule has 1 aromatic rings. The maximum atomic E-state index is 13.4. The van der Waals surface area contributed by atoms with Crippen LogP contribution in [0.3, 0.4) is 0 Å². The number of carbonyl (C=O) groups excluding carboxylic acids is 1. The molecule has 8 nitrogen and oxygen atoms in total. The molecule has 1 spiro atoms. The topological polar surface area (TPSA) is 96.2 Å². The molecular weight excluding hydrogens is 406 g/mol. The molecule has 2 saturated heterocycles. The lowest BCUT2D eigenvalue weighted by Crippen LogP contribution is -2.61. The van der Waals surface area contributed by atoms with Crippen molar-refractivity contribution in [3.8, 4) is 0 Å². The third-order valence-corrected chi connectivity index (χ3v) is 8.14. The van der Waals surface area contributed by atoms with Crippen LogP contribution < -0.4 is 5.32 Å². The summed E-state index contributed by atoms with van der Waals surface area (Å²) in [5.41, 5.74) is -0.00446. The molecule has 2 aliphatic carbocycles. The number of hydrogen-bond acceptors (Lipinski definition) is 6. The summed E-state index contributed by atoms with van der Waals surface area (Å²) in [4.78, 5) is 16.4. The van der Waals surface area contributed by atoms with E-state index in [1.807, 2.05) is 4.90 Å². The van der Waals surface area contributed by atoms with E-state index in [1.54, 1.807) is 0 Å². The lowest BCUT2D eigenvalue weighted by atomic mass is 9.62. The second-order valence-electron chi connectivity index (χ2n) is 10.1. The Labute approximate surface area is 180 Å². The fraction of sp³-hybridized carbons (Fsp3) is 0.905. The van der Waals surface area contributed by atoms with Crippen LogP contribution >= 0.6 is 0 Å². The van der Waals surface area contributed by atoms with Gasteiger partial charge >= 0.3 is 0 Å². The predicted molar refractivity (Wildman–Crippen MR) is 108 cm³/mol. The number of rotatable bonds is 3. The van der Waals surface area contributed by atoms with Crippen molar-refractivity contribution in [3.05, 3.63) is 5.82 Å². The number of tetrazole rings is 1. The number of aliphatic hydroxyl groups is 1. The van der Waals surface area contributed by atoms with E-state index in [2.05, 4.69) is 20.7 Å². The van der Waals surface area contributed by atoms with Crippen molar-refractivity contribution in [3.63, 3.8) is 0 Å². The third kappa shape index (κ3) is 4.08. The van der Waals surface area contributed by atoms with E-state index in [0.717, 1.165) is 38.6 Å². The second-order valence-corrected chi connectivity index (χ2v) is 10.1. The lowest BCUT2D eigenvalue weighted by molar-refractivity contribution is -0.140. The van der Waals surface area contributed by atoms with Crippen LogP contribution in [0, 0.1) is 5.41 Å². The molecule has 4 aliphatic rings. The van der Waals surface area contributed by atoms with Crippen LogP contribution in [-0.4, -0.2) is 73.8 Å². The number of nitrogens with one attached hydrogen (secondary N) is 1. The molecule has 172 valence electrons. The normalized spacial score (nSPS) is 31.5. The van der Waals surface area contributed by atoms with Crippen molar-refractivity contribution >= 4 is 5.91 Å². The molecule has 2 N–H and O–H groups in total. The van der Waals surface area contributed by atoms with E-state index < -0.39 is 12.0 Å². The quantitative estimate of drug-likeness (QED) is 0.750. The van der Waals surface area contributed by atoms with E-state index in [0.29, 0.717) is 38.2 Å². The molecule has 2 atom stereocenters. The molecule has 0 bridgehead atoms. The Morgan fingerprint density at radius 3 is 2.42 bits per heavy atom. The summed E-state index contributed by atoms with van der Waals surface area (Å²) in [5.74, 6) is -1.71. The first kappa shape index (κ1) is 21.2. The number of halogens is 2. The zero-order valence-corrected chi connectivity index (χ0v) is 17.8. The first-order valence-corrected chi connectivity index (χ1v) is 11.7. The van der Waals surface area contributed by atoms with Crippen LogP contribution in [0.2, 0.25) is 0 Å². The van der Waals surface area contributed by atoms with Gasteiger partial charge in [0, 0.05) is 43.8 Å². The molecule has 4 fully saturated rings. The molecule has 0 unspecified atom stereocenters. The number of aliphatic hydroxyl groups excluding tert-OH is 1. The minimum absolute atomic E-state index is 0.00446. The van der Waals surface area contributed by atoms with Crippen molar-refractivity contribution < 1.29 is 18.7 Å². The van der Waals surface area contributed by atoms with Crippen LogP contribution in [-0.2, 0) is 4.79 Å². The van der Waals surface area contributed by atoms with Gasteiger partial charge in [0.2, 0.25) is 11.8 Å². The molecule has 0 radical (unpaired) electrons. The molecule has 2 aliphatic heterocycles. The van der Waals surface area contributed by atoms with Gasteiger partial charge < -0.3 is 15.3 Å². The van der Waals surface area contributed by atoms with Crippen molar-refractivity contribution in [1.82, 2.24) is 30.4 Å². The Balaban J connectivity index is 1.12. The number of amides is 1. The van der Waals surface area contributed by atoms with Crippen LogP contribution in [0.25, 0.3) is 0 Å². The summed E-state index contributed by atoms with van der Waals surface area (Å²) >= 11 is 0. The van der Waals surface area contributed by atoms with E-state index in [-0.39, 0.29) is 42.2 Å². The molecule has 31 heavy (non-hydrogen) atoms. The fourth-order valence-corrected chi connectivity index (χ4v) is 5.72. The number of piperidine rings is 2. The van der Waals surface area contributed by atoms with Gasteiger partial charge in [-0.3, -0.25) is 4.79 Å². The Kier molecular flexibility index (Phi) is 5.48. The molecule has 10 heteroatoms. The van der Waals surface area contributed by atoms with Crippen molar-refractivity contribution in [1.29, 1.82) is 0 Å². The highest BCUT2D eigenvalue weighted by molar-refractivity contribution is 5.82. The Hall–Kier alpha value is -1.68. The number of hydrogen-bond donors (Lipinski definition) is 2. The average Bonchev–Trinajstić information content (AvgIpc) is 3.22. The van der Waals surface area contributed by atoms with Gasteiger partial charge in [0.15, 0.2) is 5.82 Å². The van der Waals surface area contributed by atoms with E-state index >= 15 is 0 Å². The molecular formula is C21H32F2N6O2. The number of likely N-dealkylation sites (tertiary alicyclic amines) is 1. The number of carbonyl (C=O) groups is 1. The fourth-order valence-electron chi connectivity index (χ4n) is 5.72. The zero-order valence-electron chi connectivity index (χ0n) is 17.8. The summed E-state index contributed by atoms with van der Waals surface area (Å²) in [7, 11) is 0. The van der Waals surface area contributed by atoms with Gasteiger partial charge in [0.05, 0.1) is 18.2 Å². The molecule has 2 saturated carbocycles. The van der Waals surface area contributed by atoms with Gasteiger partial charge in [0.25, 0.3) is 0 Å².